The van der Waals surface area contributed by atoms with Crippen LogP contribution in [0.5, 0.6) is 0 Å². The number of aryl methyl sites for hydroxylation is 3. The lowest BCUT2D eigenvalue weighted by molar-refractivity contribution is -0.0295. The normalized spacial score (nSPS) is 18.9. The Morgan fingerprint density at radius 2 is 1.08 bits per heavy atom. The molecule has 0 aliphatic carbocycles. The van der Waals surface area contributed by atoms with Crippen LogP contribution in [0.25, 0.3) is 0 Å². The highest BCUT2D eigenvalue weighted by molar-refractivity contribution is 8.00. The van der Waals surface area contributed by atoms with Crippen LogP contribution in [-0.2, 0) is 14.2 Å². The van der Waals surface area contributed by atoms with Crippen molar-refractivity contribution in [3.63, 3.8) is 0 Å². The number of ether oxygens (including phenoxy) is 3. The van der Waals surface area contributed by atoms with Gasteiger partial charge >= 0.3 is 17.9 Å². The predicted molar refractivity (Wildman–Crippen MR) is 138 cm³/mol. The fourth-order valence-corrected chi connectivity index (χ4v) is 5.03. The van der Waals surface area contributed by atoms with E-state index in [0.717, 1.165) is 16.7 Å². The third kappa shape index (κ3) is 6.34. The van der Waals surface area contributed by atoms with E-state index in [0.29, 0.717) is 22.4 Å². The first-order valence-corrected chi connectivity index (χ1v) is 12.8. The minimum atomic E-state index is -0.774. The van der Waals surface area contributed by atoms with Crippen LogP contribution in [0, 0.1) is 20.8 Å². The van der Waals surface area contributed by atoms with E-state index in [2.05, 4.69) is 0 Å². The summed E-state index contributed by atoms with van der Waals surface area (Å²) in [5.41, 5.74) is 4.36. The first-order valence-electron chi connectivity index (χ1n) is 11.7. The number of benzene rings is 3. The second-order valence-corrected chi connectivity index (χ2v) is 10.2. The molecule has 0 N–H and O–H groups in total. The summed E-state index contributed by atoms with van der Waals surface area (Å²) < 4.78 is 17.2. The quantitative estimate of drug-likeness (QED) is 0.318. The molecule has 0 saturated carbocycles. The smallest absolute Gasteiger partial charge is 0.338 e. The molecule has 0 radical (unpaired) electrons. The summed E-state index contributed by atoms with van der Waals surface area (Å²) in [6, 6.07) is 21.2. The first kappa shape index (κ1) is 25.5. The van der Waals surface area contributed by atoms with Gasteiger partial charge in [-0.25, -0.2) is 14.4 Å². The van der Waals surface area contributed by atoms with Crippen LogP contribution in [-0.4, -0.2) is 47.7 Å². The highest BCUT2D eigenvalue weighted by atomic mass is 32.2. The number of carbonyl (C=O) groups excluding carboxylic acids is 3. The summed E-state index contributed by atoms with van der Waals surface area (Å²) in [5.74, 6) is -1.06. The van der Waals surface area contributed by atoms with Gasteiger partial charge in [-0.2, -0.15) is 0 Å². The molecule has 0 aromatic heterocycles. The van der Waals surface area contributed by atoms with Crippen LogP contribution in [0.1, 0.15) is 47.8 Å². The molecule has 4 rings (SSSR count). The summed E-state index contributed by atoms with van der Waals surface area (Å²) in [6.45, 7) is 5.82. The topological polar surface area (TPSA) is 78.9 Å². The first-order chi connectivity index (χ1) is 17.3. The molecule has 3 aromatic carbocycles. The molecule has 1 fully saturated rings. The highest BCUT2D eigenvalue weighted by Crippen LogP contribution is 2.33. The van der Waals surface area contributed by atoms with Crippen molar-refractivity contribution >= 4 is 29.7 Å². The second-order valence-electron chi connectivity index (χ2n) is 8.88. The van der Waals surface area contributed by atoms with Gasteiger partial charge in [0, 0.05) is 5.75 Å². The van der Waals surface area contributed by atoms with Crippen LogP contribution < -0.4 is 0 Å². The third-order valence-electron chi connectivity index (χ3n) is 5.95. The SMILES string of the molecule is Cc1ccc(C(=O)OC[C@@H]2SC[C@H](OC(=O)c3ccc(C)cc3)[C@H]2OC(=O)c2ccc(C)cc2)cc1. The molecule has 0 unspecified atom stereocenters. The number of esters is 3. The Balaban J connectivity index is 1.47. The van der Waals surface area contributed by atoms with Gasteiger partial charge in [-0.3, -0.25) is 0 Å². The molecule has 1 heterocycles. The van der Waals surface area contributed by atoms with E-state index in [1.165, 1.54) is 11.8 Å². The lowest BCUT2D eigenvalue weighted by Gasteiger charge is -2.24. The zero-order chi connectivity index (χ0) is 25.7. The number of carbonyl (C=O) groups is 3. The Kier molecular flexibility index (Phi) is 8.10. The van der Waals surface area contributed by atoms with E-state index in [1.54, 1.807) is 36.4 Å². The zero-order valence-electron chi connectivity index (χ0n) is 20.4. The average molecular weight is 505 g/mol. The molecule has 36 heavy (non-hydrogen) atoms. The van der Waals surface area contributed by atoms with E-state index in [9.17, 15) is 14.4 Å². The van der Waals surface area contributed by atoms with Gasteiger partial charge < -0.3 is 14.2 Å². The van der Waals surface area contributed by atoms with Crippen molar-refractivity contribution in [3.05, 3.63) is 106 Å². The maximum absolute atomic E-state index is 12.9. The largest absolute Gasteiger partial charge is 0.461 e. The Labute approximate surface area is 215 Å². The van der Waals surface area contributed by atoms with Gasteiger partial charge in [-0.1, -0.05) is 53.1 Å². The summed E-state index contributed by atoms with van der Waals surface area (Å²) >= 11 is 1.45. The monoisotopic (exact) mass is 504 g/mol. The average Bonchev–Trinajstić information content (AvgIpc) is 3.24. The van der Waals surface area contributed by atoms with Crippen molar-refractivity contribution in [1.29, 1.82) is 0 Å². The summed E-state index contributed by atoms with van der Waals surface area (Å²) in [5, 5.41) is -0.385. The Morgan fingerprint density at radius 3 is 1.56 bits per heavy atom. The summed E-state index contributed by atoms with van der Waals surface area (Å²) in [4.78, 5) is 38.2. The van der Waals surface area contributed by atoms with Gasteiger partial charge in [0.15, 0.2) is 6.10 Å². The van der Waals surface area contributed by atoms with Crippen LogP contribution >= 0.6 is 11.8 Å². The van der Waals surface area contributed by atoms with E-state index in [4.69, 9.17) is 14.2 Å². The molecule has 186 valence electrons. The van der Waals surface area contributed by atoms with Crippen molar-refractivity contribution in [2.75, 3.05) is 12.4 Å². The molecular formula is C29H28O6S. The minimum absolute atomic E-state index is 0.0157. The fraction of sp³-hybridized carbons (Fsp3) is 0.276. The van der Waals surface area contributed by atoms with Crippen molar-refractivity contribution in [2.24, 2.45) is 0 Å². The number of thioether (sulfide) groups is 1. The van der Waals surface area contributed by atoms with Crippen molar-refractivity contribution in [2.45, 2.75) is 38.2 Å². The number of hydrogen-bond donors (Lipinski definition) is 0. The second kappa shape index (κ2) is 11.4. The number of rotatable bonds is 7. The molecule has 0 bridgehead atoms. The van der Waals surface area contributed by atoms with Crippen molar-refractivity contribution < 1.29 is 28.6 Å². The summed E-state index contributed by atoms with van der Waals surface area (Å²) in [6.07, 6.45) is -1.45. The molecule has 0 amide bonds. The maximum atomic E-state index is 12.9. The molecule has 3 aromatic rings. The predicted octanol–water partition coefficient (Wildman–Crippen LogP) is 5.34. The molecule has 7 heteroatoms. The summed E-state index contributed by atoms with van der Waals surface area (Å²) in [7, 11) is 0. The van der Waals surface area contributed by atoms with Gasteiger partial charge in [-0.05, 0) is 57.2 Å². The molecule has 0 spiro atoms. The van der Waals surface area contributed by atoms with Crippen LogP contribution in [0.3, 0.4) is 0 Å². The minimum Gasteiger partial charge on any atom is -0.461 e. The molecule has 1 aliphatic rings. The molecule has 1 saturated heterocycles. The lowest BCUT2D eigenvalue weighted by atomic mass is 10.1. The van der Waals surface area contributed by atoms with Gasteiger partial charge in [0.1, 0.15) is 12.7 Å². The Hall–Kier alpha value is -3.58. The van der Waals surface area contributed by atoms with Crippen molar-refractivity contribution in [3.8, 4) is 0 Å². The van der Waals surface area contributed by atoms with Crippen LogP contribution in [0.2, 0.25) is 0 Å². The Morgan fingerprint density at radius 1 is 0.667 bits per heavy atom. The van der Waals surface area contributed by atoms with Crippen molar-refractivity contribution in [1.82, 2.24) is 0 Å². The highest BCUT2D eigenvalue weighted by Gasteiger charge is 2.43. The maximum Gasteiger partial charge on any atom is 0.338 e. The van der Waals surface area contributed by atoms with E-state index in [1.807, 2.05) is 57.2 Å². The zero-order valence-corrected chi connectivity index (χ0v) is 21.2. The third-order valence-corrected chi connectivity index (χ3v) is 7.30. The van der Waals surface area contributed by atoms with Gasteiger partial charge in [-0.15, -0.1) is 11.8 Å². The van der Waals surface area contributed by atoms with Gasteiger partial charge in [0.25, 0.3) is 0 Å². The Bertz CT molecular complexity index is 1220. The van der Waals surface area contributed by atoms with Gasteiger partial charge in [0.2, 0.25) is 0 Å². The van der Waals surface area contributed by atoms with E-state index in [-0.39, 0.29) is 11.9 Å². The molecular weight excluding hydrogens is 476 g/mol. The van der Waals surface area contributed by atoms with E-state index >= 15 is 0 Å². The molecule has 3 atom stereocenters. The lowest BCUT2D eigenvalue weighted by Crippen LogP contribution is -2.39. The van der Waals surface area contributed by atoms with Crippen LogP contribution in [0.15, 0.2) is 72.8 Å². The molecule has 6 nitrogen and oxygen atoms in total. The standard InChI is InChI=1S/C29H28O6S/c1-18-4-10-21(11-5-18)27(30)33-16-25-26(35-29(32)23-14-8-20(3)9-15-23)24(17-36-25)34-28(31)22-12-6-19(2)7-13-22/h4-15,24-26H,16-17H2,1-3H3/t24-,25-,26+/m0/s1. The van der Waals surface area contributed by atoms with Gasteiger partial charge in [0.05, 0.1) is 21.9 Å². The van der Waals surface area contributed by atoms with E-state index < -0.39 is 30.1 Å². The number of hydrogen-bond acceptors (Lipinski definition) is 7. The van der Waals surface area contributed by atoms with Crippen LogP contribution in [0.4, 0.5) is 0 Å². The molecule has 1 aliphatic heterocycles. The fourth-order valence-electron chi connectivity index (χ4n) is 3.75.